The molecule has 16 heavy (non-hydrogen) atoms. The lowest BCUT2D eigenvalue weighted by atomic mass is 9.69. The van der Waals surface area contributed by atoms with Crippen molar-refractivity contribution in [2.75, 3.05) is 6.54 Å². The Morgan fingerprint density at radius 2 is 2.00 bits per heavy atom. The summed E-state index contributed by atoms with van der Waals surface area (Å²) >= 11 is 0. The maximum atomic E-state index is 9.55. The highest BCUT2D eigenvalue weighted by Crippen LogP contribution is 2.39. The molecule has 3 nitrogen and oxygen atoms in total. The molecule has 0 radical (unpaired) electrons. The molecule has 0 aliphatic heterocycles. The Kier molecular flexibility index (Phi) is 3.17. The second kappa shape index (κ2) is 4.44. The minimum atomic E-state index is -0.183. The molecule has 0 unspecified atom stereocenters. The van der Waals surface area contributed by atoms with E-state index in [4.69, 9.17) is 5.73 Å². The van der Waals surface area contributed by atoms with Crippen LogP contribution in [0.4, 0.5) is 0 Å². The quantitative estimate of drug-likeness (QED) is 0.709. The van der Waals surface area contributed by atoms with Gasteiger partial charge >= 0.3 is 0 Å². The van der Waals surface area contributed by atoms with Crippen LogP contribution in [0.2, 0.25) is 0 Å². The maximum absolute atomic E-state index is 9.55. The first kappa shape index (κ1) is 11.4. The average Bonchev–Trinajstić information content (AvgIpc) is 2.31. The molecule has 0 atom stereocenters. The van der Waals surface area contributed by atoms with Gasteiger partial charge in [0.1, 0.15) is 5.75 Å². The summed E-state index contributed by atoms with van der Waals surface area (Å²) in [6.45, 7) is 0.573. The number of hydrogen-bond donors (Lipinski definition) is 3. The third kappa shape index (κ3) is 2.06. The van der Waals surface area contributed by atoms with Gasteiger partial charge in [-0.05, 0) is 43.4 Å². The van der Waals surface area contributed by atoms with Gasteiger partial charge in [-0.25, -0.2) is 0 Å². The van der Waals surface area contributed by atoms with Crippen molar-refractivity contribution >= 4 is 0 Å². The smallest absolute Gasteiger partial charge is 0.115 e. The Bertz CT molecular complexity index is 357. The van der Waals surface area contributed by atoms with E-state index in [0.717, 1.165) is 31.2 Å². The van der Waals surface area contributed by atoms with Crippen LogP contribution in [0.3, 0.4) is 0 Å². The molecule has 0 aromatic heterocycles. The molecule has 2 rings (SSSR count). The zero-order valence-electron chi connectivity index (χ0n) is 9.39. The SMILES string of the molecule is NCC1(c2cccc(O)c2)CCC(O)CC1. The molecule has 0 amide bonds. The molecule has 1 fully saturated rings. The standard InChI is InChI=1S/C13H19NO2/c14-9-13(6-4-11(15)5-7-13)10-2-1-3-12(16)8-10/h1-3,8,11,15-16H,4-7,9,14H2. The summed E-state index contributed by atoms with van der Waals surface area (Å²) in [6, 6.07) is 7.34. The highest BCUT2D eigenvalue weighted by molar-refractivity contribution is 5.34. The average molecular weight is 221 g/mol. The van der Waals surface area contributed by atoms with Gasteiger partial charge in [-0.3, -0.25) is 0 Å². The van der Waals surface area contributed by atoms with Gasteiger partial charge in [0, 0.05) is 12.0 Å². The van der Waals surface area contributed by atoms with Gasteiger partial charge in [0.05, 0.1) is 6.10 Å². The number of phenolic OH excluding ortho intramolecular Hbond substituents is 1. The first-order valence-electron chi connectivity index (χ1n) is 5.84. The number of aliphatic hydroxyl groups is 1. The van der Waals surface area contributed by atoms with Crippen molar-refractivity contribution in [3.05, 3.63) is 29.8 Å². The van der Waals surface area contributed by atoms with Crippen molar-refractivity contribution in [3.8, 4) is 5.75 Å². The predicted octanol–water partition coefficient (Wildman–Crippen LogP) is 1.52. The van der Waals surface area contributed by atoms with Crippen molar-refractivity contribution < 1.29 is 10.2 Å². The van der Waals surface area contributed by atoms with Crippen molar-refractivity contribution in [1.29, 1.82) is 0 Å². The summed E-state index contributed by atoms with van der Waals surface area (Å²) < 4.78 is 0. The first-order valence-corrected chi connectivity index (χ1v) is 5.84. The topological polar surface area (TPSA) is 66.5 Å². The number of aliphatic hydroxyl groups excluding tert-OH is 1. The molecule has 1 aliphatic carbocycles. The molecule has 3 heteroatoms. The Balaban J connectivity index is 2.28. The van der Waals surface area contributed by atoms with Crippen LogP contribution in [-0.4, -0.2) is 22.9 Å². The number of hydrogen-bond acceptors (Lipinski definition) is 3. The zero-order valence-corrected chi connectivity index (χ0v) is 9.39. The zero-order chi connectivity index (χ0) is 11.6. The van der Waals surface area contributed by atoms with Crippen molar-refractivity contribution in [1.82, 2.24) is 0 Å². The molecule has 1 saturated carbocycles. The predicted molar refractivity (Wildman–Crippen MR) is 63.3 cm³/mol. The van der Waals surface area contributed by atoms with E-state index >= 15 is 0 Å². The number of benzene rings is 1. The number of nitrogens with two attached hydrogens (primary N) is 1. The Morgan fingerprint density at radius 1 is 1.31 bits per heavy atom. The van der Waals surface area contributed by atoms with Gasteiger partial charge in [-0.2, -0.15) is 0 Å². The van der Waals surface area contributed by atoms with Crippen LogP contribution < -0.4 is 5.73 Å². The number of aromatic hydroxyl groups is 1. The molecule has 1 aliphatic rings. The van der Waals surface area contributed by atoms with Crippen LogP contribution in [0.5, 0.6) is 5.75 Å². The van der Waals surface area contributed by atoms with Crippen LogP contribution in [0.1, 0.15) is 31.2 Å². The molecular weight excluding hydrogens is 202 g/mol. The first-order chi connectivity index (χ1) is 7.66. The molecule has 0 spiro atoms. The third-order valence-electron chi connectivity index (χ3n) is 3.76. The Hall–Kier alpha value is -1.06. The molecule has 0 saturated heterocycles. The molecule has 0 bridgehead atoms. The van der Waals surface area contributed by atoms with E-state index in [2.05, 4.69) is 0 Å². The van der Waals surface area contributed by atoms with E-state index in [1.807, 2.05) is 12.1 Å². The van der Waals surface area contributed by atoms with Crippen LogP contribution >= 0.6 is 0 Å². The lowest BCUT2D eigenvalue weighted by molar-refractivity contribution is 0.0974. The summed E-state index contributed by atoms with van der Waals surface area (Å²) in [4.78, 5) is 0. The van der Waals surface area contributed by atoms with E-state index in [0.29, 0.717) is 6.54 Å². The summed E-state index contributed by atoms with van der Waals surface area (Å²) in [5.74, 6) is 0.288. The number of phenols is 1. The minimum Gasteiger partial charge on any atom is -0.508 e. The third-order valence-corrected chi connectivity index (χ3v) is 3.76. The molecule has 1 aromatic rings. The highest BCUT2D eigenvalue weighted by atomic mass is 16.3. The minimum absolute atomic E-state index is 0.0576. The molecule has 1 aromatic carbocycles. The second-order valence-electron chi connectivity index (χ2n) is 4.77. The number of rotatable bonds is 2. The molecule has 0 heterocycles. The van der Waals surface area contributed by atoms with E-state index in [1.54, 1.807) is 12.1 Å². The van der Waals surface area contributed by atoms with Crippen LogP contribution in [0.15, 0.2) is 24.3 Å². The summed E-state index contributed by atoms with van der Waals surface area (Å²) in [5.41, 5.74) is 6.94. The van der Waals surface area contributed by atoms with Gasteiger partial charge in [-0.1, -0.05) is 12.1 Å². The fourth-order valence-corrected chi connectivity index (χ4v) is 2.60. The highest BCUT2D eigenvalue weighted by Gasteiger charge is 2.35. The van der Waals surface area contributed by atoms with Crippen molar-refractivity contribution in [2.45, 2.75) is 37.2 Å². The van der Waals surface area contributed by atoms with Crippen LogP contribution in [-0.2, 0) is 5.41 Å². The van der Waals surface area contributed by atoms with Gasteiger partial charge in [0.25, 0.3) is 0 Å². The molecule has 4 N–H and O–H groups in total. The van der Waals surface area contributed by atoms with E-state index in [9.17, 15) is 10.2 Å². The largest absolute Gasteiger partial charge is 0.508 e. The van der Waals surface area contributed by atoms with Crippen molar-refractivity contribution in [3.63, 3.8) is 0 Å². The molecule has 88 valence electrons. The lowest BCUT2D eigenvalue weighted by Crippen LogP contribution is -2.40. The van der Waals surface area contributed by atoms with Crippen LogP contribution in [0, 0.1) is 0 Å². The van der Waals surface area contributed by atoms with E-state index in [-0.39, 0.29) is 17.3 Å². The van der Waals surface area contributed by atoms with Gasteiger partial charge in [0.2, 0.25) is 0 Å². The van der Waals surface area contributed by atoms with Gasteiger partial charge in [0.15, 0.2) is 0 Å². The van der Waals surface area contributed by atoms with Gasteiger partial charge in [-0.15, -0.1) is 0 Å². The van der Waals surface area contributed by atoms with Crippen molar-refractivity contribution in [2.24, 2.45) is 5.73 Å². The monoisotopic (exact) mass is 221 g/mol. The lowest BCUT2D eigenvalue weighted by Gasteiger charge is -2.38. The fraction of sp³-hybridized carbons (Fsp3) is 0.538. The summed E-state index contributed by atoms with van der Waals surface area (Å²) in [6.07, 6.45) is 3.21. The summed E-state index contributed by atoms with van der Waals surface area (Å²) in [5, 5.41) is 19.1. The normalized spacial score (nSPS) is 30.2. The molecular formula is C13H19NO2. The maximum Gasteiger partial charge on any atom is 0.115 e. The van der Waals surface area contributed by atoms with Crippen LogP contribution in [0.25, 0.3) is 0 Å². The van der Waals surface area contributed by atoms with Gasteiger partial charge < -0.3 is 15.9 Å². The van der Waals surface area contributed by atoms with E-state index in [1.165, 1.54) is 0 Å². The Morgan fingerprint density at radius 3 is 2.56 bits per heavy atom. The Labute approximate surface area is 95.9 Å². The van der Waals surface area contributed by atoms with E-state index < -0.39 is 0 Å². The summed E-state index contributed by atoms with van der Waals surface area (Å²) in [7, 11) is 0. The second-order valence-corrected chi connectivity index (χ2v) is 4.77. The fourth-order valence-electron chi connectivity index (χ4n) is 2.60.